The summed E-state index contributed by atoms with van der Waals surface area (Å²) in [5.41, 5.74) is 1.20. The number of carbonyl (C=O) groups excluding carboxylic acids is 2. The first-order valence-electron chi connectivity index (χ1n) is 7.72. The van der Waals surface area contributed by atoms with Gasteiger partial charge in [-0.15, -0.1) is 0 Å². The predicted octanol–water partition coefficient (Wildman–Crippen LogP) is 4.27. The molecule has 0 saturated heterocycles. The van der Waals surface area contributed by atoms with Crippen LogP contribution >= 0.6 is 23.2 Å². The number of halogens is 2. The third-order valence-electron chi connectivity index (χ3n) is 3.53. The highest BCUT2D eigenvalue weighted by molar-refractivity contribution is 6.42. The Balaban J connectivity index is 1.94. The van der Waals surface area contributed by atoms with Crippen LogP contribution in [0.3, 0.4) is 0 Å². The third kappa shape index (κ3) is 4.30. The van der Waals surface area contributed by atoms with E-state index in [4.69, 9.17) is 37.4 Å². The quantitative estimate of drug-likeness (QED) is 0.431. The summed E-state index contributed by atoms with van der Waals surface area (Å²) in [4.78, 5) is 27.6. The van der Waals surface area contributed by atoms with Crippen LogP contribution in [0.15, 0.2) is 47.1 Å². The van der Waals surface area contributed by atoms with Crippen LogP contribution in [0.5, 0.6) is 11.5 Å². The van der Waals surface area contributed by atoms with Gasteiger partial charge in [-0.2, -0.15) is 0 Å². The number of benzene rings is 2. The standard InChI is InChI=1S/C19H13Cl2NO5/c1-10(23)26-17-8-11(3-6-16(17)25-2)7-15-19(24)27-18(22-15)12-4-5-13(20)14(21)9-12/h3-9H,1-2H3. The van der Waals surface area contributed by atoms with Gasteiger partial charge in [0, 0.05) is 12.5 Å². The smallest absolute Gasteiger partial charge is 0.363 e. The highest BCUT2D eigenvalue weighted by Crippen LogP contribution is 2.30. The zero-order chi connectivity index (χ0) is 19.6. The molecule has 2 aromatic carbocycles. The number of hydrogen-bond donors (Lipinski definition) is 0. The lowest BCUT2D eigenvalue weighted by atomic mass is 10.1. The van der Waals surface area contributed by atoms with Crippen LogP contribution in [-0.4, -0.2) is 24.9 Å². The summed E-state index contributed by atoms with van der Waals surface area (Å²) < 4.78 is 15.5. The maximum absolute atomic E-state index is 12.1. The second-order valence-electron chi connectivity index (χ2n) is 5.47. The van der Waals surface area contributed by atoms with E-state index in [9.17, 15) is 9.59 Å². The Bertz CT molecular complexity index is 998. The molecular weight excluding hydrogens is 393 g/mol. The lowest BCUT2D eigenvalue weighted by Crippen LogP contribution is -2.05. The molecule has 6 nitrogen and oxygen atoms in total. The van der Waals surface area contributed by atoms with E-state index >= 15 is 0 Å². The maximum Gasteiger partial charge on any atom is 0.363 e. The van der Waals surface area contributed by atoms with Crippen molar-refractivity contribution < 1.29 is 23.8 Å². The molecular formula is C19H13Cl2NO5. The topological polar surface area (TPSA) is 74.2 Å². The molecule has 0 unspecified atom stereocenters. The Morgan fingerprint density at radius 2 is 1.89 bits per heavy atom. The average molecular weight is 406 g/mol. The lowest BCUT2D eigenvalue weighted by Gasteiger charge is -2.08. The number of ether oxygens (including phenoxy) is 3. The molecule has 0 N–H and O–H groups in total. The number of nitrogens with zero attached hydrogens (tertiary/aromatic N) is 1. The van der Waals surface area contributed by atoms with E-state index in [2.05, 4.69) is 4.99 Å². The summed E-state index contributed by atoms with van der Waals surface area (Å²) in [6, 6.07) is 9.67. The Kier molecular flexibility index (Phi) is 5.48. The predicted molar refractivity (Wildman–Crippen MR) is 101 cm³/mol. The molecule has 0 radical (unpaired) electrons. The fraction of sp³-hybridized carbons (Fsp3) is 0.105. The van der Waals surface area contributed by atoms with E-state index in [1.54, 1.807) is 36.4 Å². The van der Waals surface area contributed by atoms with Crippen LogP contribution in [-0.2, 0) is 14.3 Å². The monoisotopic (exact) mass is 405 g/mol. The van der Waals surface area contributed by atoms with Gasteiger partial charge in [-0.25, -0.2) is 9.79 Å². The van der Waals surface area contributed by atoms with Crippen LogP contribution in [0.2, 0.25) is 10.0 Å². The highest BCUT2D eigenvalue weighted by Gasteiger charge is 2.24. The molecule has 0 bridgehead atoms. The van der Waals surface area contributed by atoms with Crippen LogP contribution < -0.4 is 9.47 Å². The van der Waals surface area contributed by atoms with Crippen LogP contribution in [0.1, 0.15) is 18.1 Å². The van der Waals surface area contributed by atoms with Crippen molar-refractivity contribution in [2.45, 2.75) is 6.92 Å². The molecule has 27 heavy (non-hydrogen) atoms. The van der Waals surface area contributed by atoms with Crippen molar-refractivity contribution in [3.8, 4) is 11.5 Å². The van der Waals surface area contributed by atoms with Crippen molar-refractivity contribution in [2.24, 2.45) is 4.99 Å². The average Bonchev–Trinajstić information content (AvgIpc) is 2.98. The largest absolute Gasteiger partial charge is 0.493 e. The highest BCUT2D eigenvalue weighted by atomic mass is 35.5. The number of rotatable bonds is 4. The summed E-state index contributed by atoms with van der Waals surface area (Å²) in [7, 11) is 1.46. The maximum atomic E-state index is 12.1. The molecule has 0 atom stereocenters. The molecule has 0 saturated carbocycles. The molecule has 0 amide bonds. The lowest BCUT2D eigenvalue weighted by molar-refractivity contribution is -0.132. The first kappa shape index (κ1) is 18.9. The number of hydrogen-bond acceptors (Lipinski definition) is 6. The summed E-state index contributed by atoms with van der Waals surface area (Å²) in [5, 5.41) is 0.712. The molecule has 0 fully saturated rings. The SMILES string of the molecule is COc1ccc(C=C2N=C(c3ccc(Cl)c(Cl)c3)OC2=O)cc1OC(C)=O. The van der Waals surface area contributed by atoms with Gasteiger partial charge in [-0.05, 0) is 42.0 Å². The van der Waals surface area contributed by atoms with E-state index < -0.39 is 11.9 Å². The van der Waals surface area contributed by atoms with Gasteiger partial charge in [0.2, 0.25) is 5.90 Å². The zero-order valence-corrected chi connectivity index (χ0v) is 15.8. The molecule has 2 aromatic rings. The Labute approximate surface area is 165 Å². The zero-order valence-electron chi connectivity index (χ0n) is 14.3. The van der Waals surface area contributed by atoms with Crippen LogP contribution in [0.4, 0.5) is 0 Å². The fourth-order valence-corrected chi connectivity index (χ4v) is 2.64. The molecule has 8 heteroatoms. The number of methoxy groups -OCH3 is 1. The van der Waals surface area contributed by atoms with E-state index in [-0.39, 0.29) is 17.3 Å². The minimum Gasteiger partial charge on any atom is -0.493 e. The fourth-order valence-electron chi connectivity index (χ4n) is 2.34. The van der Waals surface area contributed by atoms with Crippen molar-refractivity contribution in [1.82, 2.24) is 0 Å². The molecule has 1 aliphatic rings. The number of cyclic esters (lactones) is 1. The van der Waals surface area contributed by atoms with E-state index in [1.165, 1.54) is 20.1 Å². The summed E-state index contributed by atoms with van der Waals surface area (Å²) in [6.45, 7) is 1.28. The van der Waals surface area contributed by atoms with E-state index in [0.717, 1.165) is 0 Å². The molecule has 1 heterocycles. The van der Waals surface area contributed by atoms with E-state index in [0.29, 0.717) is 26.9 Å². The van der Waals surface area contributed by atoms with Gasteiger partial charge in [-0.1, -0.05) is 29.3 Å². The first-order valence-corrected chi connectivity index (χ1v) is 8.47. The van der Waals surface area contributed by atoms with Gasteiger partial charge in [0.05, 0.1) is 17.2 Å². The van der Waals surface area contributed by atoms with Gasteiger partial charge < -0.3 is 14.2 Å². The number of aliphatic imine (C=N–C) groups is 1. The third-order valence-corrected chi connectivity index (χ3v) is 4.27. The van der Waals surface area contributed by atoms with Gasteiger partial charge in [0.15, 0.2) is 17.2 Å². The van der Waals surface area contributed by atoms with Crippen molar-refractivity contribution in [3.63, 3.8) is 0 Å². The second kappa shape index (κ2) is 7.82. The van der Waals surface area contributed by atoms with Crippen molar-refractivity contribution in [3.05, 3.63) is 63.3 Å². The van der Waals surface area contributed by atoms with E-state index in [1.807, 2.05) is 0 Å². The summed E-state index contributed by atoms with van der Waals surface area (Å²) in [5.74, 6) is -0.349. The van der Waals surface area contributed by atoms with Crippen molar-refractivity contribution >= 4 is 47.1 Å². The normalized spacial score (nSPS) is 14.7. The number of carbonyl (C=O) groups is 2. The minimum atomic E-state index is -0.610. The summed E-state index contributed by atoms with van der Waals surface area (Å²) >= 11 is 11.9. The van der Waals surface area contributed by atoms with Gasteiger partial charge in [-0.3, -0.25) is 4.79 Å². The van der Waals surface area contributed by atoms with Crippen molar-refractivity contribution in [2.75, 3.05) is 7.11 Å². The Hall–Kier alpha value is -2.83. The van der Waals surface area contributed by atoms with Gasteiger partial charge >= 0.3 is 11.9 Å². The Morgan fingerprint density at radius 1 is 1.11 bits per heavy atom. The van der Waals surface area contributed by atoms with Crippen LogP contribution in [0, 0.1) is 0 Å². The molecule has 138 valence electrons. The minimum absolute atomic E-state index is 0.0926. The molecule has 1 aliphatic heterocycles. The number of esters is 2. The van der Waals surface area contributed by atoms with Crippen LogP contribution in [0.25, 0.3) is 6.08 Å². The van der Waals surface area contributed by atoms with Gasteiger partial charge in [0.1, 0.15) is 0 Å². The molecule has 0 aliphatic carbocycles. The van der Waals surface area contributed by atoms with Gasteiger partial charge in [0.25, 0.3) is 0 Å². The second-order valence-corrected chi connectivity index (χ2v) is 6.28. The Morgan fingerprint density at radius 3 is 2.56 bits per heavy atom. The molecule has 0 spiro atoms. The first-order chi connectivity index (χ1) is 12.9. The molecule has 0 aromatic heterocycles. The molecule has 3 rings (SSSR count). The van der Waals surface area contributed by atoms with Crippen molar-refractivity contribution in [1.29, 1.82) is 0 Å². The summed E-state index contributed by atoms with van der Waals surface area (Å²) in [6.07, 6.45) is 1.51.